The van der Waals surface area contributed by atoms with E-state index in [1.807, 2.05) is 0 Å². The predicted octanol–water partition coefficient (Wildman–Crippen LogP) is 7.55. The Morgan fingerprint density at radius 3 is 1.87 bits per heavy atom. The molecule has 0 saturated heterocycles. The highest BCUT2D eigenvalue weighted by Gasteiger charge is 2.18. The van der Waals surface area contributed by atoms with Crippen LogP contribution in [0.5, 0.6) is 0 Å². The van der Waals surface area contributed by atoms with Crippen LogP contribution in [-0.2, 0) is 0 Å². The maximum absolute atomic E-state index is 3.62. The molecule has 2 heteroatoms. The van der Waals surface area contributed by atoms with Gasteiger partial charge in [0.2, 0.25) is 0 Å². The van der Waals surface area contributed by atoms with Gasteiger partial charge in [-0.1, -0.05) is 78.8 Å². The van der Waals surface area contributed by atoms with Crippen LogP contribution in [0.4, 0.5) is 0 Å². The molecule has 0 aromatic heterocycles. The Labute approximate surface area is 153 Å². The van der Waals surface area contributed by atoms with Crippen molar-refractivity contribution in [1.29, 1.82) is 0 Å². The largest absolute Gasteiger partial charge is 0.162 e. The third-order valence-corrected chi connectivity index (χ3v) is 7.82. The fourth-order valence-electron chi connectivity index (χ4n) is 3.17. The van der Waals surface area contributed by atoms with Crippen molar-refractivity contribution in [2.24, 2.45) is 5.92 Å². The topological polar surface area (TPSA) is 0 Å². The maximum atomic E-state index is 3.62. The van der Waals surface area contributed by atoms with Crippen molar-refractivity contribution < 1.29 is 0 Å². The van der Waals surface area contributed by atoms with E-state index in [1.165, 1.54) is 75.3 Å². The molecule has 0 atom stereocenters. The molecule has 136 valence electrons. The minimum atomic E-state index is -1.23. The Kier molecular flexibility index (Phi) is 15.7. The fourth-order valence-corrected chi connectivity index (χ4v) is 6.62. The van der Waals surface area contributed by atoms with Crippen LogP contribution < -0.4 is 0 Å². The number of hydrogen-bond donors (Lipinski definition) is 0. The predicted molar refractivity (Wildman–Crippen MR) is 114 cm³/mol. The van der Waals surface area contributed by atoms with Gasteiger partial charge in [-0.05, 0) is 36.3 Å². The molecule has 0 radical (unpaired) electrons. The lowest BCUT2D eigenvalue weighted by Crippen LogP contribution is -2.25. The number of thioether (sulfide) groups is 1. The zero-order chi connectivity index (χ0) is 17.4. The second-order valence-electron chi connectivity index (χ2n) is 7.91. The van der Waals surface area contributed by atoms with Crippen molar-refractivity contribution in [3.8, 4) is 11.5 Å². The van der Waals surface area contributed by atoms with Crippen molar-refractivity contribution in [2.75, 3.05) is 11.5 Å². The lowest BCUT2D eigenvalue weighted by Gasteiger charge is -2.16. The van der Waals surface area contributed by atoms with Gasteiger partial charge in [0.25, 0.3) is 0 Å². The van der Waals surface area contributed by atoms with Crippen LogP contribution in [0.3, 0.4) is 0 Å². The SMILES string of the molecule is CCSCCCCCCCCCCCC#C[Si](C)(C)CC(C)C. The van der Waals surface area contributed by atoms with E-state index in [-0.39, 0.29) is 0 Å². The second kappa shape index (κ2) is 15.6. The van der Waals surface area contributed by atoms with Crippen LogP contribution >= 0.6 is 11.8 Å². The third-order valence-electron chi connectivity index (χ3n) is 4.14. The van der Waals surface area contributed by atoms with Gasteiger partial charge in [-0.15, -0.1) is 11.5 Å². The Bertz CT molecular complexity index is 312. The van der Waals surface area contributed by atoms with Gasteiger partial charge in [-0.2, -0.15) is 11.8 Å². The first-order chi connectivity index (χ1) is 11.0. The monoisotopic (exact) mass is 354 g/mol. The van der Waals surface area contributed by atoms with Crippen LogP contribution in [0.25, 0.3) is 0 Å². The molecule has 0 amide bonds. The summed E-state index contributed by atoms with van der Waals surface area (Å²) >= 11 is 2.08. The van der Waals surface area contributed by atoms with Gasteiger partial charge in [-0.3, -0.25) is 0 Å². The Hall–Kier alpha value is 0.127. The molecular weight excluding hydrogens is 312 g/mol. The summed E-state index contributed by atoms with van der Waals surface area (Å²) in [4.78, 5) is 0. The average Bonchev–Trinajstić information content (AvgIpc) is 2.46. The summed E-state index contributed by atoms with van der Waals surface area (Å²) in [6.07, 6.45) is 13.9. The first kappa shape index (κ1) is 23.1. The first-order valence-corrected chi connectivity index (χ1v) is 14.4. The van der Waals surface area contributed by atoms with Crippen molar-refractivity contribution in [3.63, 3.8) is 0 Å². The smallest absolute Gasteiger partial charge is 0.132 e. The van der Waals surface area contributed by atoms with E-state index in [1.54, 1.807) is 0 Å². The summed E-state index contributed by atoms with van der Waals surface area (Å²) in [5.74, 6) is 6.93. The molecule has 0 aliphatic heterocycles. The van der Waals surface area contributed by atoms with E-state index in [9.17, 15) is 0 Å². The second-order valence-corrected chi connectivity index (χ2v) is 13.7. The summed E-state index contributed by atoms with van der Waals surface area (Å²) in [6, 6.07) is 1.34. The average molecular weight is 355 g/mol. The van der Waals surface area contributed by atoms with Crippen LogP contribution in [0.1, 0.15) is 85.0 Å². The van der Waals surface area contributed by atoms with Gasteiger partial charge in [-0.25, -0.2) is 0 Å². The van der Waals surface area contributed by atoms with Gasteiger partial charge in [0.1, 0.15) is 8.07 Å². The van der Waals surface area contributed by atoms with Gasteiger partial charge >= 0.3 is 0 Å². The molecule has 0 spiro atoms. The number of unbranched alkanes of at least 4 members (excludes halogenated alkanes) is 9. The third kappa shape index (κ3) is 18.3. The highest BCUT2D eigenvalue weighted by molar-refractivity contribution is 7.99. The minimum Gasteiger partial charge on any atom is -0.162 e. The lowest BCUT2D eigenvalue weighted by atomic mass is 10.1. The van der Waals surface area contributed by atoms with E-state index in [4.69, 9.17) is 0 Å². The quantitative estimate of drug-likeness (QED) is 0.176. The van der Waals surface area contributed by atoms with Crippen molar-refractivity contribution in [3.05, 3.63) is 0 Å². The van der Waals surface area contributed by atoms with Crippen molar-refractivity contribution in [2.45, 2.75) is 104 Å². The van der Waals surface area contributed by atoms with E-state index < -0.39 is 8.07 Å². The first-order valence-electron chi connectivity index (χ1n) is 10.1. The Morgan fingerprint density at radius 1 is 0.826 bits per heavy atom. The van der Waals surface area contributed by atoms with Crippen molar-refractivity contribution >= 4 is 19.8 Å². The van der Waals surface area contributed by atoms with Gasteiger partial charge < -0.3 is 0 Å². The Morgan fingerprint density at radius 2 is 1.35 bits per heavy atom. The standard InChI is InChI=1S/C21H42SSi/c1-6-22-18-16-14-12-10-8-7-9-11-13-15-17-19-23(4,5)20-21(2)3/h21H,6-16,18,20H2,1-5H3. The fraction of sp³-hybridized carbons (Fsp3) is 0.905. The molecule has 0 saturated carbocycles. The molecule has 0 aromatic rings. The van der Waals surface area contributed by atoms with E-state index in [0.717, 1.165) is 12.3 Å². The molecule has 0 nitrogen and oxygen atoms in total. The summed E-state index contributed by atoms with van der Waals surface area (Å²) in [6.45, 7) is 11.7. The van der Waals surface area contributed by atoms with E-state index in [2.05, 4.69) is 57.1 Å². The van der Waals surface area contributed by atoms with Crippen LogP contribution in [0, 0.1) is 17.4 Å². The number of rotatable bonds is 14. The molecule has 0 rings (SSSR count). The molecule has 23 heavy (non-hydrogen) atoms. The van der Waals surface area contributed by atoms with Crippen LogP contribution in [0.2, 0.25) is 19.1 Å². The molecular formula is C21H42SSi. The highest BCUT2D eigenvalue weighted by Crippen LogP contribution is 2.15. The maximum Gasteiger partial charge on any atom is 0.132 e. The van der Waals surface area contributed by atoms with Crippen LogP contribution in [0.15, 0.2) is 0 Å². The van der Waals surface area contributed by atoms with Crippen molar-refractivity contribution in [1.82, 2.24) is 0 Å². The molecule has 0 N–H and O–H groups in total. The summed E-state index contributed by atoms with van der Waals surface area (Å²) in [7, 11) is -1.23. The van der Waals surface area contributed by atoms with E-state index in [0.29, 0.717) is 0 Å². The molecule has 0 aromatic carbocycles. The Balaban J connectivity index is 3.34. The molecule has 0 aliphatic rings. The molecule has 0 fully saturated rings. The zero-order valence-electron chi connectivity index (χ0n) is 16.7. The minimum absolute atomic E-state index is 0.802. The molecule has 0 bridgehead atoms. The molecule has 0 aliphatic carbocycles. The van der Waals surface area contributed by atoms with Gasteiger partial charge in [0.05, 0.1) is 0 Å². The summed E-state index contributed by atoms with van der Waals surface area (Å²) in [5.41, 5.74) is 3.62. The summed E-state index contributed by atoms with van der Waals surface area (Å²) in [5, 5.41) is 0. The zero-order valence-corrected chi connectivity index (χ0v) is 18.5. The van der Waals surface area contributed by atoms with Crippen LogP contribution in [-0.4, -0.2) is 19.6 Å². The summed E-state index contributed by atoms with van der Waals surface area (Å²) < 4.78 is 0. The van der Waals surface area contributed by atoms with Gasteiger partial charge in [0.15, 0.2) is 0 Å². The van der Waals surface area contributed by atoms with Gasteiger partial charge in [0, 0.05) is 6.42 Å². The number of hydrogen-bond acceptors (Lipinski definition) is 1. The highest BCUT2D eigenvalue weighted by atomic mass is 32.2. The lowest BCUT2D eigenvalue weighted by molar-refractivity contribution is 0.568. The molecule has 0 unspecified atom stereocenters. The van der Waals surface area contributed by atoms with E-state index >= 15 is 0 Å². The molecule has 0 heterocycles. The normalized spacial score (nSPS) is 11.6.